The van der Waals surface area contributed by atoms with E-state index in [-0.39, 0.29) is 12.5 Å². The molecule has 0 atom stereocenters. The van der Waals surface area contributed by atoms with Crippen LogP contribution in [0.1, 0.15) is 17.5 Å². The molecule has 1 heterocycles. The second-order valence-corrected chi connectivity index (χ2v) is 8.81. The van der Waals surface area contributed by atoms with Crippen LogP contribution in [0.4, 0.5) is 13.2 Å². The fourth-order valence-electron chi connectivity index (χ4n) is 2.84. The van der Waals surface area contributed by atoms with Crippen LogP contribution in [0.15, 0.2) is 24.3 Å². The number of halogens is 3. The van der Waals surface area contributed by atoms with Crippen molar-refractivity contribution in [3.63, 3.8) is 0 Å². The molecule has 0 spiro atoms. The van der Waals surface area contributed by atoms with Crippen LogP contribution in [0.5, 0.6) is 0 Å². The summed E-state index contributed by atoms with van der Waals surface area (Å²) in [5.74, 6) is -0.251. The zero-order chi connectivity index (χ0) is 20.2. The molecule has 1 aromatic carbocycles. The van der Waals surface area contributed by atoms with E-state index in [4.69, 9.17) is 0 Å². The number of carbonyl (C=O) groups excluding carboxylic acids is 1. The largest absolute Gasteiger partial charge is 0.416 e. The first-order valence-electron chi connectivity index (χ1n) is 8.54. The van der Waals surface area contributed by atoms with E-state index in [0.29, 0.717) is 32.7 Å². The number of hydrogen-bond donors (Lipinski definition) is 0. The Kier molecular flexibility index (Phi) is 6.87. The first-order valence-corrected chi connectivity index (χ1v) is 10.4. The van der Waals surface area contributed by atoms with Crippen molar-refractivity contribution in [2.24, 2.45) is 0 Å². The van der Waals surface area contributed by atoms with Crippen LogP contribution in [-0.4, -0.2) is 74.5 Å². The number of carbonyl (C=O) groups is 1. The summed E-state index contributed by atoms with van der Waals surface area (Å²) < 4.78 is 61.8. The van der Waals surface area contributed by atoms with Gasteiger partial charge >= 0.3 is 6.18 Å². The summed E-state index contributed by atoms with van der Waals surface area (Å²) in [5.41, 5.74) is 0.105. The van der Waals surface area contributed by atoms with Crippen LogP contribution in [0.2, 0.25) is 0 Å². The Bertz CT molecular complexity index is 751. The van der Waals surface area contributed by atoms with Crippen molar-refractivity contribution < 1.29 is 26.4 Å². The van der Waals surface area contributed by atoms with Gasteiger partial charge in [-0.2, -0.15) is 17.5 Å². The topological polar surface area (TPSA) is 60.9 Å². The number of nitrogens with zero attached hydrogens (tertiary/aromatic N) is 3. The molecule has 0 aromatic heterocycles. The van der Waals surface area contributed by atoms with Gasteiger partial charge in [-0.3, -0.25) is 9.69 Å². The lowest BCUT2D eigenvalue weighted by atomic mass is 10.1. The van der Waals surface area contributed by atoms with Crippen LogP contribution >= 0.6 is 0 Å². The van der Waals surface area contributed by atoms with E-state index in [9.17, 15) is 26.4 Å². The molecule has 0 N–H and O–H groups in total. The Balaban J connectivity index is 1.90. The number of benzene rings is 1. The van der Waals surface area contributed by atoms with E-state index >= 15 is 0 Å². The summed E-state index contributed by atoms with van der Waals surface area (Å²) in [7, 11) is -2.05. The third-order valence-corrected chi connectivity index (χ3v) is 5.81. The third-order valence-electron chi connectivity index (χ3n) is 4.55. The summed E-state index contributed by atoms with van der Waals surface area (Å²) >= 11 is 0. The molecule has 0 aliphatic carbocycles. The van der Waals surface area contributed by atoms with Gasteiger partial charge in [0, 0.05) is 39.8 Å². The molecule has 10 heteroatoms. The summed E-state index contributed by atoms with van der Waals surface area (Å²) in [4.78, 5) is 16.0. The molecule has 6 nitrogen and oxygen atoms in total. The van der Waals surface area contributed by atoms with Gasteiger partial charge in [0.05, 0.1) is 18.4 Å². The van der Waals surface area contributed by atoms with E-state index in [1.165, 1.54) is 19.2 Å². The first kappa shape index (κ1) is 21.6. The maximum Gasteiger partial charge on any atom is 0.416 e. The molecule has 1 amide bonds. The fraction of sp³-hybridized carbons (Fsp3) is 0.588. The van der Waals surface area contributed by atoms with Gasteiger partial charge in [-0.15, -0.1) is 0 Å². The van der Waals surface area contributed by atoms with E-state index in [2.05, 4.69) is 4.90 Å². The van der Waals surface area contributed by atoms with Gasteiger partial charge in [0.25, 0.3) is 0 Å². The number of hydrogen-bond acceptors (Lipinski definition) is 4. The molecule has 1 aliphatic rings. The lowest BCUT2D eigenvalue weighted by Gasteiger charge is -2.24. The third kappa shape index (κ3) is 6.47. The summed E-state index contributed by atoms with van der Waals surface area (Å²) in [5, 5.41) is 0. The molecule has 0 bridgehead atoms. The van der Waals surface area contributed by atoms with Crippen molar-refractivity contribution in [2.45, 2.75) is 19.1 Å². The van der Waals surface area contributed by atoms with E-state index in [1.54, 1.807) is 4.90 Å². The Morgan fingerprint density at radius 3 is 2.30 bits per heavy atom. The molecule has 0 saturated carbocycles. The normalized spacial score (nSPS) is 17.2. The smallest absolute Gasteiger partial charge is 0.340 e. The van der Waals surface area contributed by atoms with Gasteiger partial charge in [-0.25, -0.2) is 8.42 Å². The highest BCUT2D eigenvalue weighted by atomic mass is 32.2. The zero-order valence-electron chi connectivity index (χ0n) is 15.4. The number of amides is 1. The highest BCUT2D eigenvalue weighted by molar-refractivity contribution is 7.88. The van der Waals surface area contributed by atoms with Crippen LogP contribution < -0.4 is 0 Å². The Morgan fingerprint density at radius 2 is 1.74 bits per heavy atom. The average molecular weight is 407 g/mol. The van der Waals surface area contributed by atoms with Crippen molar-refractivity contribution in [3.05, 3.63) is 35.4 Å². The Labute approximate surface area is 157 Å². The Morgan fingerprint density at radius 1 is 1.11 bits per heavy atom. The van der Waals surface area contributed by atoms with Crippen molar-refractivity contribution in [2.75, 3.05) is 46.0 Å². The predicted molar refractivity (Wildman–Crippen MR) is 95.4 cm³/mol. The highest BCUT2D eigenvalue weighted by Gasteiger charge is 2.30. The minimum atomic E-state index is -4.35. The van der Waals surface area contributed by atoms with E-state index < -0.39 is 21.8 Å². The minimum absolute atomic E-state index is 0.197. The maximum absolute atomic E-state index is 12.6. The van der Waals surface area contributed by atoms with Crippen molar-refractivity contribution in [1.29, 1.82) is 0 Å². The molecular formula is C17H24F3N3O3S. The van der Waals surface area contributed by atoms with Crippen LogP contribution in [0.3, 0.4) is 0 Å². The SMILES string of the molecule is CN(CC(=O)N1CCCN(Cc2ccc(C(F)(F)F)cc2)CC1)S(C)(=O)=O. The van der Waals surface area contributed by atoms with E-state index in [0.717, 1.165) is 34.7 Å². The first-order chi connectivity index (χ1) is 12.5. The van der Waals surface area contributed by atoms with Gasteiger partial charge in [-0.05, 0) is 24.1 Å². The molecular weight excluding hydrogens is 383 g/mol. The van der Waals surface area contributed by atoms with Crippen LogP contribution in [0, 0.1) is 0 Å². The van der Waals surface area contributed by atoms with Gasteiger partial charge in [-0.1, -0.05) is 12.1 Å². The van der Waals surface area contributed by atoms with Crippen molar-refractivity contribution in [3.8, 4) is 0 Å². The number of alkyl halides is 3. The van der Waals surface area contributed by atoms with Gasteiger partial charge in [0.1, 0.15) is 0 Å². The predicted octanol–water partition coefficient (Wildman–Crippen LogP) is 1.63. The van der Waals surface area contributed by atoms with Gasteiger partial charge in [0.2, 0.25) is 15.9 Å². The summed E-state index contributed by atoms with van der Waals surface area (Å²) in [6, 6.07) is 5.09. The van der Waals surface area contributed by atoms with Crippen LogP contribution in [-0.2, 0) is 27.5 Å². The molecule has 2 rings (SSSR count). The monoisotopic (exact) mass is 407 g/mol. The second kappa shape index (κ2) is 8.57. The molecule has 152 valence electrons. The molecule has 1 fully saturated rings. The highest BCUT2D eigenvalue weighted by Crippen LogP contribution is 2.29. The standard InChI is InChI=1S/C17H24F3N3O3S/c1-21(27(2,25)26)13-16(24)23-9-3-8-22(10-11-23)12-14-4-6-15(7-5-14)17(18,19)20/h4-7H,3,8-13H2,1-2H3. The summed E-state index contributed by atoms with van der Waals surface area (Å²) in [6.45, 7) is 2.58. The van der Waals surface area contributed by atoms with Crippen molar-refractivity contribution >= 4 is 15.9 Å². The lowest BCUT2D eigenvalue weighted by molar-refractivity contribution is -0.137. The molecule has 0 unspecified atom stereocenters. The quantitative estimate of drug-likeness (QED) is 0.745. The molecule has 1 aliphatic heterocycles. The second-order valence-electron chi connectivity index (χ2n) is 6.72. The van der Waals surface area contributed by atoms with Crippen molar-refractivity contribution in [1.82, 2.24) is 14.1 Å². The molecule has 27 heavy (non-hydrogen) atoms. The number of rotatable bonds is 5. The summed E-state index contributed by atoms with van der Waals surface area (Å²) in [6.07, 6.45) is -2.58. The fourth-order valence-corrected chi connectivity index (χ4v) is 3.19. The van der Waals surface area contributed by atoms with Gasteiger partial charge in [0.15, 0.2) is 0 Å². The number of likely N-dealkylation sites (N-methyl/N-ethyl adjacent to an activating group) is 1. The number of sulfonamides is 1. The minimum Gasteiger partial charge on any atom is -0.340 e. The van der Waals surface area contributed by atoms with Crippen LogP contribution in [0.25, 0.3) is 0 Å². The average Bonchev–Trinajstić information content (AvgIpc) is 2.79. The van der Waals surface area contributed by atoms with E-state index in [1.807, 2.05) is 0 Å². The van der Waals surface area contributed by atoms with Gasteiger partial charge < -0.3 is 4.90 Å². The maximum atomic E-state index is 12.6. The molecule has 0 radical (unpaired) electrons. The lowest BCUT2D eigenvalue weighted by Crippen LogP contribution is -2.42. The zero-order valence-corrected chi connectivity index (χ0v) is 16.2. The Hall–Kier alpha value is -1.65. The molecule has 1 saturated heterocycles. The molecule has 1 aromatic rings.